The average molecular weight is 373 g/mol. The van der Waals surface area contributed by atoms with Crippen LogP contribution in [0, 0.1) is 0 Å². The molecule has 6 N–H and O–H groups in total. The van der Waals surface area contributed by atoms with E-state index < -0.39 is 0 Å². The number of benzene rings is 1. The smallest absolute Gasteiger partial charge is 0.150 e. The molecule has 0 aromatic heterocycles. The van der Waals surface area contributed by atoms with Crippen LogP contribution in [-0.4, -0.2) is 60.7 Å². The topological polar surface area (TPSA) is 103 Å². The molecular weight excluding hydrogens is 351 g/mol. The third-order valence-corrected chi connectivity index (χ3v) is 4.57. The zero-order chi connectivity index (χ0) is 17.5. The predicted octanol–water partition coefficient (Wildman–Crippen LogP) is 0.680. The fraction of sp³-hybridized carbons (Fsp3) is 0.400. The number of nitrogens with one attached hydrogen (secondary N) is 1. The van der Waals surface area contributed by atoms with Crippen LogP contribution < -0.4 is 16.9 Å². The lowest BCUT2D eigenvalue weighted by Crippen LogP contribution is -2.52. The monoisotopic (exact) mass is 372 g/mol. The van der Waals surface area contributed by atoms with E-state index >= 15 is 0 Å². The summed E-state index contributed by atoms with van der Waals surface area (Å²) >= 11 is 12.4. The highest BCUT2D eigenvalue weighted by atomic mass is 35.5. The summed E-state index contributed by atoms with van der Waals surface area (Å²) in [6.07, 6.45) is 1.13. The Labute approximate surface area is 151 Å². The third-order valence-electron chi connectivity index (χ3n) is 3.75. The van der Waals surface area contributed by atoms with Gasteiger partial charge in [0.2, 0.25) is 0 Å². The Morgan fingerprint density at radius 3 is 2.62 bits per heavy atom. The van der Waals surface area contributed by atoms with E-state index in [0.29, 0.717) is 27.9 Å². The highest BCUT2D eigenvalue weighted by Gasteiger charge is 2.20. The predicted molar refractivity (Wildman–Crippen MR) is 98.5 cm³/mol. The summed E-state index contributed by atoms with van der Waals surface area (Å²) < 4.78 is 0. The first-order valence-corrected chi connectivity index (χ1v) is 8.35. The number of β-amino-alcohol motifs (C(OH)–C–C–N with tert-alkyl or cyclic N) is 1. The summed E-state index contributed by atoms with van der Waals surface area (Å²) in [6.45, 7) is 4.04. The Hall–Kier alpha value is -1.51. The van der Waals surface area contributed by atoms with E-state index in [2.05, 4.69) is 15.3 Å². The van der Waals surface area contributed by atoms with Crippen molar-refractivity contribution in [2.75, 3.05) is 39.3 Å². The summed E-state index contributed by atoms with van der Waals surface area (Å²) in [6, 6.07) is 5.32. The fourth-order valence-electron chi connectivity index (χ4n) is 2.48. The van der Waals surface area contributed by atoms with E-state index in [-0.39, 0.29) is 12.4 Å². The maximum Gasteiger partial charge on any atom is 0.150 e. The van der Waals surface area contributed by atoms with Gasteiger partial charge in [0.15, 0.2) is 5.82 Å². The Kier molecular flexibility index (Phi) is 7.14. The van der Waals surface area contributed by atoms with E-state index in [9.17, 15) is 0 Å². The summed E-state index contributed by atoms with van der Waals surface area (Å²) in [5, 5.41) is 11.9. The number of hydrogen-bond acceptors (Lipinski definition) is 6. The molecule has 1 aliphatic heterocycles. The van der Waals surface area contributed by atoms with E-state index in [1.165, 1.54) is 0 Å². The minimum absolute atomic E-state index is 0.162. The molecule has 1 heterocycles. The number of aliphatic imine (C=N–C) groups is 1. The second kappa shape index (κ2) is 9.10. The van der Waals surface area contributed by atoms with Crippen LogP contribution in [0.4, 0.5) is 0 Å². The van der Waals surface area contributed by atoms with Gasteiger partial charge in [0, 0.05) is 38.3 Å². The number of piperazine rings is 1. The summed E-state index contributed by atoms with van der Waals surface area (Å²) in [4.78, 5) is 6.15. The molecule has 0 atom stereocenters. The van der Waals surface area contributed by atoms with Crippen molar-refractivity contribution in [2.45, 2.75) is 0 Å². The van der Waals surface area contributed by atoms with Crippen LogP contribution in [-0.2, 0) is 0 Å². The van der Waals surface area contributed by atoms with Gasteiger partial charge < -0.3 is 22.0 Å². The zero-order valence-electron chi connectivity index (χ0n) is 13.3. The molecule has 0 spiro atoms. The standard InChI is InChI=1S/C15H22Cl2N6O/c16-12-3-1-2-11(13(12)17)14(15(19)20-10-18)21-23-6-4-22(5-7-23)8-9-24/h1-3,10,21,24H,4-9,19H2,(H2,18,20)/b15-14-. The highest BCUT2D eigenvalue weighted by molar-refractivity contribution is 6.43. The lowest BCUT2D eigenvalue weighted by Gasteiger charge is -2.35. The molecule has 1 aromatic rings. The van der Waals surface area contributed by atoms with Gasteiger partial charge in [-0.2, -0.15) is 0 Å². The van der Waals surface area contributed by atoms with Gasteiger partial charge in [-0.05, 0) is 6.07 Å². The van der Waals surface area contributed by atoms with Gasteiger partial charge in [-0.25, -0.2) is 10.0 Å². The second-order valence-electron chi connectivity index (χ2n) is 5.30. The molecule has 9 heteroatoms. The van der Waals surface area contributed by atoms with Crippen molar-refractivity contribution in [1.29, 1.82) is 0 Å². The van der Waals surface area contributed by atoms with E-state index in [1.54, 1.807) is 12.1 Å². The van der Waals surface area contributed by atoms with Gasteiger partial charge in [0.05, 0.1) is 23.0 Å². The zero-order valence-corrected chi connectivity index (χ0v) is 14.8. The molecule has 0 radical (unpaired) electrons. The highest BCUT2D eigenvalue weighted by Crippen LogP contribution is 2.30. The fourth-order valence-corrected chi connectivity index (χ4v) is 2.88. The van der Waals surface area contributed by atoms with E-state index in [4.69, 9.17) is 39.8 Å². The second-order valence-corrected chi connectivity index (χ2v) is 6.09. The molecule has 1 saturated heterocycles. The van der Waals surface area contributed by atoms with Crippen molar-refractivity contribution in [3.63, 3.8) is 0 Å². The summed E-state index contributed by atoms with van der Waals surface area (Å²) in [5.74, 6) is 0.222. The molecule has 7 nitrogen and oxygen atoms in total. The molecule has 0 aliphatic carbocycles. The molecule has 24 heavy (non-hydrogen) atoms. The lowest BCUT2D eigenvalue weighted by atomic mass is 10.1. The van der Waals surface area contributed by atoms with Crippen molar-refractivity contribution in [3.05, 3.63) is 39.6 Å². The first-order valence-electron chi connectivity index (χ1n) is 7.60. The number of hydrogen-bond donors (Lipinski definition) is 4. The number of halogens is 2. The van der Waals surface area contributed by atoms with Crippen molar-refractivity contribution in [3.8, 4) is 0 Å². The Morgan fingerprint density at radius 2 is 2.00 bits per heavy atom. The molecule has 1 aliphatic rings. The van der Waals surface area contributed by atoms with Crippen molar-refractivity contribution >= 4 is 35.2 Å². The van der Waals surface area contributed by atoms with Crippen molar-refractivity contribution < 1.29 is 5.11 Å². The van der Waals surface area contributed by atoms with Crippen LogP contribution in [0.3, 0.4) is 0 Å². The van der Waals surface area contributed by atoms with Gasteiger partial charge in [0.25, 0.3) is 0 Å². The SMILES string of the molecule is N/C=N\C(N)=C(/NN1CCN(CCO)CC1)c1cccc(Cl)c1Cl. The largest absolute Gasteiger partial charge is 0.395 e. The minimum Gasteiger partial charge on any atom is -0.395 e. The van der Waals surface area contributed by atoms with Crippen LogP contribution in [0.25, 0.3) is 5.70 Å². The molecule has 0 amide bonds. The number of rotatable bonds is 6. The average Bonchev–Trinajstić information content (AvgIpc) is 2.57. The van der Waals surface area contributed by atoms with E-state index in [0.717, 1.165) is 32.5 Å². The molecule has 132 valence electrons. The summed E-state index contributed by atoms with van der Waals surface area (Å²) in [7, 11) is 0. The molecule has 1 aromatic carbocycles. The molecular formula is C15H22Cl2N6O. The molecule has 0 unspecified atom stereocenters. The maximum atomic E-state index is 9.02. The van der Waals surface area contributed by atoms with Crippen LogP contribution in [0.5, 0.6) is 0 Å². The first kappa shape index (κ1) is 18.8. The van der Waals surface area contributed by atoms with Gasteiger partial charge >= 0.3 is 0 Å². The Bertz CT molecular complexity index is 614. The van der Waals surface area contributed by atoms with Gasteiger partial charge in [-0.3, -0.25) is 4.90 Å². The first-order chi connectivity index (χ1) is 11.6. The van der Waals surface area contributed by atoms with Crippen molar-refractivity contribution in [1.82, 2.24) is 15.3 Å². The molecule has 1 fully saturated rings. The lowest BCUT2D eigenvalue weighted by molar-refractivity contribution is 0.0938. The van der Waals surface area contributed by atoms with Crippen molar-refractivity contribution in [2.24, 2.45) is 16.5 Å². The number of nitrogens with zero attached hydrogens (tertiary/aromatic N) is 3. The van der Waals surface area contributed by atoms with Crippen LogP contribution in [0.1, 0.15) is 5.56 Å². The molecule has 0 saturated carbocycles. The summed E-state index contributed by atoms with van der Waals surface area (Å²) in [5.41, 5.74) is 15.9. The third kappa shape index (κ3) is 4.75. The van der Waals surface area contributed by atoms with Crippen LogP contribution in [0.15, 0.2) is 29.0 Å². The number of hydrazine groups is 1. The van der Waals surface area contributed by atoms with Crippen LogP contribution in [0.2, 0.25) is 10.0 Å². The van der Waals surface area contributed by atoms with Gasteiger partial charge in [-0.15, -0.1) is 0 Å². The minimum atomic E-state index is 0.162. The van der Waals surface area contributed by atoms with E-state index in [1.807, 2.05) is 11.1 Å². The quantitative estimate of drug-likeness (QED) is 0.432. The Balaban J connectivity index is 2.20. The van der Waals surface area contributed by atoms with Gasteiger partial charge in [-0.1, -0.05) is 35.3 Å². The van der Waals surface area contributed by atoms with Crippen LogP contribution >= 0.6 is 23.2 Å². The molecule has 0 bridgehead atoms. The number of nitrogens with two attached hydrogens (primary N) is 2. The Morgan fingerprint density at radius 1 is 1.29 bits per heavy atom. The number of aliphatic hydroxyl groups excluding tert-OH is 1. The maximum absolute atomic E-state index is 9.02. The molecule has 2 rings (SSSR count). The van der Waals surface area contributed by atoms with Gasteiger partial charge in [0.1, 0.15) is 5.70 Å². The normalized spacial score (nSPS) is 18.0. The number of aliphatic hydroxyl groups is 1.